The van der Waals surface area contributed by atoms with Crippen molar-refractivity contribution in [3.8, 4) is 11.5 Å². The highest BCUT2D eigenvalue weighted by molar-refractivity contribution is 6.04. The zero-order valence-electron chi connectivity index (χ0n) is 18.6. The van der Waals surface area contributed by atoms with Gasteiger partial charge in [0, 0.05) is 36.1 Å². The van der Waals surface area contributed by atoms with Crippen molar-refractivity contribution in [1.29, 1.82) is 0 Å². The second-order valence-electron chi connectivity index (χ2n) is 8.22. The molecular weight excluding hydrogens is 394 g/mol. The summed E-state index contributed by atoms with van der Waals surface area (Å²) >= 11 is 0. The van der Waals surface area contributed by atoms with Crippen LogP contribution in [0.25, 0.3) is 0 Å². The van der Waals surface area contributed by atoms with Crippen molar-refractivity contribution in [3.05, 3.63) is 48.0 Å². The van der Waals surface area contributed by atoms with Crippen LogP contribution in [0.3, 0.4) is 0 Å². The van der Waals surface area contributed by atoms with Crippen LogP contribution in [-0.4, -0.2) is 44.7 Å². The van der Waals surface area contributed by atoms with E-state index in [-0.39, 0.29) is 24.5 Å². The summed E-state index contributed by atoms with van der Waals surface area (Å²) in [5.74, 6) is 1.05. The van der Waals surface area contributed by atoms with E-state index < -0.39 is 0 Å². The number of hydrogen-bond acceptors (Lipinski definition) is 5. The Hall–Kier alpha value is -3.22. The number of ether oxygens (including phenoxy) is 2. The molecule has 0 aromatic heterocycles. The molecule has 1 atom stereocenters. The minimum Gasteiger partial charge on any atom is -0.493 e. The lowest BCUT2D eigenvalue weighted by Crippen LogP contribution is -2.34. The number of anilines is 2. The molecule has 166 valence electrons. The number of nitrogens with zero attached hydrogens (tertiary/aromatic N) is 1. The molecule has 2 aromatic carbocycles. The van der Waals surface area contributed by atoms with E-state index in [2.05, 4.69) is 22.5 Å². The summed E-state index contributed by atoms with van der Waals surface area (Å²) < 4.78 is 10.9. The molecule has 1 heterocycles. The van der Waals surface area contributed by atoms with Gasteiger partial charge in [-0.25, -0.2) is 0 Å². The summed E-state index contributed by atoms with van der Waals surface area (Å²) in [7, 11) is 1.50. The van der Waals surface area contributed by atoms with Crippen molar-refractivity contribution in [2.24, 2.45) is 5.92 Å². The third kappa shape index (κ3) is 6.13. The van der Waals surface area contributed by atoms with Crippen molar-refractivity contribution in [2.45, 2.75) is 33.2 Å². The second kappa shape index (κ2) is 10.2. The lowest BCUT2D eigenvalue weighted by Gasteiger charge is -2.18. The van der Waals surface area contributed by atoms with E-state index in [1.807, 2.05) is 38.1 Å². The number of carbonyl (C=O) groups excluding carboxylic acids is 2. The molecule has 1 aliphatic heterocycles. The van der Waals surface area contributed by atoms with E-state index in [4.69, 9.17) is 9.47 Å². The number of methoxy groups -OCH3 is 1. The number of rotatable bonds is 8. The predicted octanol–water partition coefficient (Wildman–Crippen LogP) is 3.70. The van der Waals surface area contributed by atoms with E-state index >= 15 is 0 Å². The summed E-state index contributed by atoms with van der Waals surface area (Å²) in [6, 6.07) is 12.8. The van der Waals surface area contributed by atoms with Crippen molar-refractivity contribution >= 4 is 23.2 Å². The van der Waals surface area contributed by atoms with Crippen LogP contribution in [-0.2, 0) is 4.79 Å². The van der Waals surface area contributed by atoms with Gasteiger partial charge in [-0.2, -0.15) is 0 Å². The van der Waals surface area contributed by atoms with Gasteiger partial charge in [0.2, 0.25) is 0 Å². The summed E-state index contributed by atoms with van der Waals surface area (Å²) in [5.41, 5.74) is 2.34. The second-order valence-corrected chi connectivity index (χ2v) is 8.22. The first kappa shape index (κ1) is 22.5. The van der Waals surface area contributed by atoms with Crippen LogP contribution in [0.2, 0.25) is 0 Å². The minimum atomic E-state index is -0.245. The molecule has 0 aliphatic carbocycles. The van der Waals surface area contributed by atoms with E-state index in [0.29, 0.717) is 23.0 Å². The summed E-state index contributed by atoms with van der Waals surface area (Å²) in [5, 5.41) is 5.67. The first-order valence-corrected chi connectivity index (χ1v) is 10.6. The van der Waals surface area contributed by atoms with Gasteiger partial charge < -0.3 is 25.0 Å². The molecule has 1 aliphatic rings. The molecule has 2 N–H and O–H groups in total. The van der Waals surface area contributed by atoms with Crippen molar-refractivity contribution in [3.63, 3.8) is 0 Å². The van der Waals surface area contributed by atoms with Crippen LogP contribution in [0.1, 0.15) is 37.6 Å². The Bertz CT molecular complexity index is 912. The number of benzene rings is 2. The Morgan fingerprint density at radius 1 is 1.13 bits per heavy atom. The van der Waals surface area contributed by atoms with Gasteiger partial charge in [-0.05, 0) is 68.7 Å². The van der Waals surface area contributed by atoms with Gasteiger partial charge in [-0.1, -0.05) is 6.92 Å². The topological polar surface area (TPSA) is 79.9 Å². The molecule has 3 rings (SSSR count). The summed E-state index contributed by atoms with van der Waals surface area (Å²) in [6.07, 6.45) is 1.21. The zero-order valence-corrected chi connectivity index (χ0v) is 18.6. The maximum Gasteiger partial charge on any atom is 0.258 e. The molecule has 0 saturated carbocycles. The molecule has 7 heteroatoms. The molecule has 7 nitrogen and oxygen atoms in total. The third-order valence-electron chi connectivity index (χ3n) is 5.15. The highest BCUT2D eigenvalue weighted by Gasteiger charge is 2.19. The smallest absolute Gasteiger partial charge is 0.258 e. The zero-order chi connectivity index (χ0) is 22.4. The van der Waals surface area contributed by atoms with Crippen LogP contribution in [0.4, 0.5) is 11.4 Å². The van der Waals surface area contributed by atoms with Gasteiger partial charge in [0.05, 0.1) is 7.11 Å². The van der Waals surface area contributed by atoms with Crippen LogP contribution < -0.4 is 25.0 Å². The number of hydrogen-bond donors (Lipinski definition) is 2. The van der Waals surface area contributed by atoms with Gasteiger partial charge in [-0.3, -0.25) is 9.59 Å². The summed E-state index contributed by atoms with van der Waals surface area (Å²) in [6.45, 7) is 8.04. The Kier molecular flexibility index (Phi) is 7.39. The number of nitrogens with one attached hydrogen (secondary N) is 2. The van der Waals surface area contributed by atoms with Crippen molar-refractivity contribution < 1.29 is 19.1 Å². The van der Waals surface area contributed by atoms with Gasteiger partial charge in [0.15, 0.2) is 18.1 Å². The van der Waals surface area contributed by atoms with Gasteiger partial charge in [-0.15, -0.1) is 0 Å². The fourth-order valence-corrected chi connectivity index (χ4v) is 3.56. The van der Waals surface area contributed by atoms with Crippen LogP contribution in [0.15, 0.2) is 42.5 Å². The Balaban J connectivity index is 1.61. The van der Waals surface area contributed by atoms with Crippen LogP contribution in [0, 0.1) is 5.92 Å². The molecule has 1 unspecified atom stereocenters. The quantitative estimate of drug-likeness (QED) is 0.674. The van der Waals surface area contributed by atoms with Crippen LogP contribution in [0.5, 0.6) is 11.5 Å². The maximum absolute atomic E-state index is 12.7. The summed E-state index contributed by atoms with van der Waals surface area (Å²) in [4.78, 5) is 26.8. The molecule has 0 radical (unpaired) electrons. The normalized spacial score (nSPS) is 15.6. The molecule has 1 fully saturated rings. The Labute approximate surface area is 183 Å². The Morgan fingerprint density at radius 3 is 2.48 bits per heavy atom. The largest absolute Gasteiger partial charge is 0.493 e. The van der Waals surface area contributed by atoms with Crippen molar-refractivity contribution in [1.82, 2.24) is 5.32 Å². The molecule has 31 heavy (non-hydrogen) atoms. The standard InChI is InChI=1S/C24H31N3O4/c1-16(2)25-23(28)15-31-21-10-5-18(13-22(21)30-4)24(29)26-19-6-8-20(9-7-19)27-12-11-17(3)14-27/h5-10,13,16-17H,11-12,14-15H2,1-4H3,(H,25,28)(H,26,29). The van der Waals surface area contributed by atoms with E-state index in [9.17, 15) is 9.59 Å². The monoisotopic (exact) mass is 425 g/mol. The molecule has 0 spiro atoms. The molecular formula is C24H31N3O4. The first-order chi connectivity index (χ1) is 14.9. The van der Waals surface area contributed by atoms with Gasteiger partial charge >= 0.3 is 0 Å². The number of amides is 2. The number of carbonyl (C=O) groups is 2. The van der Waals surface area contributed by atoms with Crippen LogP contribution >= 0.6 is 0 Å². The third-order valence-corrected chi connectivity index (χ3v) is 5.15. The van der Waals surface area contributed by atoms with Gasteiger partial charge in [0.1, 0.15) is 0 Å². The molecule has 2 amide bonds. The molecule has 0 bridgehead atoms. The maximum atomic E-state index is 12.7. The lowest BCUT2D eigenvalue weighted by atomic mass is 10.1. The molecule has 1 saturated heterocycles. The minimum absolute atomic E-state index is 0.0389. The van der Waals surface area contributed by atoms with Crippen molar-refractivity contribution in [2.75, 3.05) is 37.0 Å². The fourth-order valence-electron chi connectivity index (χ4n) is 3.56. The lowest BCUT2D eigenvalue weighted by molar-refractivity contribution is -0.123. The van der Waals surface area contributed by atoms with E-state index in [1.54, 1.807) is 18.2 Å². The van der Waals surface area contributed by atoms with E-state index in [0.717, 1.165) is 18.8 Å². The average Bonchev–Trinajstić information content (AvgIpc) is 3.18. The highest BCUT2D eigenvalue weighted by atomic mass is 16.5. The molecule has 2 aromatic rings. The highest BCUT2D eigenvalue weighted by Crippen LogP contribution is 2.29. The fraction of sp³-hybridized carbons (Fsp3) is 0.417. The average molecular weight is 426 g/mol. The van der Waals surface area contributed by atoms with E-state index in [1.165, 1.54) is 19.2 Å². The Morgan fingerprint density at radius 2 is 1.87 bits per heavy atom. The predicted molar refractivity (Wildman–Crippen MR) is 122 cm³/mol. The van der Waals surface area contributed by atoms with Gasteiger partial charge in [0.25, 0.3) is 11.8 Å². The first-order valence-electron chi connectivity index (χ1n) is 10.6. The SMILES string of the molecule is COc1cc(C(=O)Nc2ccc(N3CCC(C)C3)cc2)ccc1OCC(=O)NC(C)C.